The summed E-state index contributed by atoms with van der Waals surface area (Å²) >= 11 is 6.04. The number of halogens is 1. The van der Waals surface area contributed by atoms with Crippen LogP contribution in [0.2, 0.25) is 5.02 Å². The number of carbonyl (C=O) groups is 2. The molecule has 39 heavy (non-hydrogen) atoms. The number of hydrogen-bond donors (Lipinski definition) is 3. The number of furan rings is 1. The van der Waals surface area contributed by atoms with Gasteiger partial charge >= 0.3 is 11.6 Å². The zero-order chi connectivity index (χ0) is 27.8. The average molecular weight is 546 g/mol. The fourth-order valence-electron chi connectivity index (χ4n) is 4.73. The smallest absolute Gasteiger partial charge is 0.340 e. The molecule has 1 amide bonds. The van der Waals surface area contributed by atoms with Crippen molar-refractivity contribution in [1.82, 2.24) is 5.32 Å². The fourth-order valence-corrected chi connectivity index (χ4v) is 4.85. The van der Waals surface area contributed by atoms with Crippen LogP contribution in [0, 0.1) is 13.8 Å². The number of carbonyl (C=O) groups excluding carboxylic acids is 1. The molecule has 9 heteroatoms. The monoisotopic (exact) mass is 545 g/mol. The maximum absolute atomic E-state index is 12.9. The lowest BCUT2D eigenvalue weighted by Gasteiger charge is -2.15. The van der Waals surface area contributed by atoms with Gasteiger partial charge in [-0.2, -0.15) is 0 Å². The number of aryl methyl sites for hydroxylation is 2. The van der Waals surface area contributed by atoms with Crippen molar-refractivity contribution in [3.05, 3.63) is 98.6 Å². The number of aromatic hydroxyl groups is 1. The van der Waals surface area contributed by atoms with Crippen molar-refractivity contribution in [3.63, 3.8) is 0 Å². The summed E-state index contributed by atoms with van der Waals surface area (Å²) in [6.07, 6.45) is 1.30. The first kappa shape index (κ1) is 26.1. The Morgan fingerprint density at radius 2 is 1.67 bits per heavy atom. The van der Waals surface area contributed by atoms with Gasteiger partial charge in [0, 0.05) is 33.3 Å². The van der Waals surface area contributed by atoms with Gasteiger partial charge in [-0.3, -0.25) is 4.79 Å². The van der Waals surface area contributed by atoms with Gasteiger partial charge in [-0.1, -0.05) is 35.9 Å². The van der Waals surface area contributed by atoms with Gasteiger partial charge in [0.1, 0.15) is 23.0 Å². The van der Waals surface area contributed by atoms with E-state index in [0.717, 1.165) is 16.5 Å². The second kappa shape index (κ2) is 10.3. The van der Waals surface area contributed by atoms with Crippen LogP contribution in [0.25, 0.3) is 33.1 Å². The molecule has 0 bridgehead atoms. The zero-order valence-electron chi connectivity index (χ0n) is 21.1. The minimum Gasteiger partial charge on any atom is -0.508 e. The van der Waals surface area contributed by atoms with Crippen molar-refractivity contribution in [2.24, 2.45) is 0 Å². The Morgan fingerprint density at radius 1 is 0.974 bits per heavy atom. The summed E-state index contributed by atoms with van der Waals surface area (Å²) in [5.41, 5.74) is 4.00. The van der Waals surface area contributed by atoms with Gasteiger partial charge in [0.25, 0.3) is 0 Å². The lowest BCUT2D eigenvalue weighted by atomic mass is 9.97. The van der Waals surface area contributed by atoms with Crippen molar-refractivity contribution < 1.29 is 28.6 Å². The third-order valence-electron chi connectivity index (χ3n) is 6.84. The van der Waals surface area contributed by atoms with Crippen molar-refractivity contribution in [1.29, 1.82) is 0 Å². The third-order valence-corrected chi connectivity index (χ3v) is 7.10. The van der Waals surface area contributed by atoms with Gasteiger partial charge < -0.3 is 24.4 Å². The van der Waals surface area contributed by atoms with Crippen LogP contribution in [0.5, 0.6) is 5.75 Å². The molecule has 0 aliphatic heterocycles. The number of benzene rings is 3. The summed E-state index contributed by atoms with van der Waals surface area (Å²) in [6, 6.07) is 14.0. The molecule has 8 nitrogen and oxygen atoms in total. The SMILES string of the molecule is Cc1c(CC(=O)NC(Cc2ccc(O)cc2)C(=O)O)c(=O)oc2c(C)c3occ(-c4ccc(Cl)cc4)c3cc12. The summed E-state index contributed by atoms with van der Waals surface area (Å²) in [7, 11) is 0. The molecule has 2 heterocycles. The second-order valence-corrected chi connectivity index (χ2v) is 9.85. The minimum absolute atomic E-state index is 0.0117. The molecule has 2 aromatic heterocycles. The van der Waals surface area contributed by atoms with E-state index in [1.807, 2.05) is 18.2 Å². The Hall–Kier alpha value is -4.56. The van der Waals surface area contributed by atoms with E-state index in [9.17, 15) is 24.6 Å². The van der Waals surface area contributed by atoms with Crippen LogP contribution >= 0.6 is 11.6 Å². The van der Waals surface area contributed by atoms with Crippen molar-refractivity contribution in [2.75, 3.05) is 0 Å². The fraction of sp³-hybridized carbons (Fsp3) is 0.167. The van der Waals surface area contributed by atoms with E-state index in [1.165, 1.54) is 12.1 Å². The molecule has 0 radical (unpaired) electrons. The van der Waals surface area contributed by atoms with Crippen molar-refractivity contribution in [2.45, 2.75) is 32.7 Å². The zero-order valence-corrected chi connectivity index (χ0v) is 21.8. The van der Waals surface area contributed by atoms with E-state index in [-0.39, 0.29) is 24.2 Å². The molecule has 0 saturated heterocycles. The molecule has 1 unspecified atom stereocenters. The molecule has 0 saturated carbocycles. The standard InChI is InChI=1S/C30H24ClNO7/c1-15-21-12-23-24(18-5-7-19(31)8-6-18)14-38-27(23)16(2)28(21)39-30(37)22(15)13-26(34)32-25(29(35)36)11-17-3-9-20(33)10-4-17/h3-10,12,14,25,33H,11,13H2,1-2H3,(H,32,34)(H,35,36). The number of carboxylic acid groups (broad SMARTS) is 1. The maximum atomic E-state index is 12.9. The number of aliphatic carboxylic acids is 1. The Balaban J connectivity index is 1.48. The Labute approximate surface area is 227 Å². The maximum Gasteiger partial charge on any atom is 0.340 e. The van der Waals surface area contributed by atoms with Gasteiger partial charge in [0.05, 0.1) is 18.2 Å². The molecule has 1 atom stereocenters. The van der Waals surface area contributed by atoms with E-state index in [1.54, 1.807) is 44.4 Å². The predicted molar refractivity (Wildman–Crippen MR) is 147 cm³/mol. The van der Waals surface area contributed by atoms with Crippen molar-refractivity contribution in [3.8, 4) is 16.9 Å². The molecular weight excluding hydrogens is 522 g/mol. The topological polar surface area (TPSA) is 130 Å². The molecule has 0 aliphatic carbocycles. The highest BCUT2D eigenvalue weighted by Gasteiger charge is 2.24. The van der Waals surface area contributed by atoms with Crippen LogP contribution in [-0.2, 0) is 22.4 Å². The van der Waals surface area contributed by atoms with Crippen LogP contribution in [0.1, 0.15) is 22.3 Å². The lowest BCUT2D eigenvalue weighted by molar-refractivity contribution is -0.141. The Morgan fingerprint density at radius 3 is 2.33 bits per heavy atom. The van der Waals surface area contributed by atoms with Gasteiger partial charge in [0.2, 0.25) is 5.91 Å². The summed E-state index contributed by atoms with van der Waals surface area (Å²) in [5, 5.41) is 23.7. The third kappa shape index (κ3) is 5.11. The minimum atomic E-state index is -1.22. The van der Waals surface area contributed by atoms with Crippen LogP contribution < -0.4 is 10.9 Å². The normalized spacial score (nSPS) is 12.1. The second-order valence-electron chi connectivity index (χ2n) is 9.41. The van der Waals surface area contributed by atoms with E-state index < -0.39 is 23.5 Å². The Bertz CT molecular complexity index is 1780. The molecule has 5 rings (SSSR count). The predicted octanol–water partition coefficient (Wildman–Crippen LogP) is 5.54. The van der Waals surface area contributed by atoms with Gasteiger partial charge in [-0.05, 0) is 60.9 Å². The molecule has 198 valence electrons. The van der Waals surface area contributed by atoms with Gasteiger partial charge in [0.15, 0.2) is 0 Å². The van der Waals surface area contributed by atoms with E-state index in [2.05, 4.69) is 5.32 Å². The summed E-state index contributed by atoms with van der Waals surface area (Å²) in [4.78, 5) is 37.7. The van der Waals surface area contributed by atoms with Gasteiger partial charge in [-0.25, -0.2) is 9.59 Å². The van der Waals surface area contributed by atoms with E-state index >= 15 is 0 Å². The number of fused-ring (bicyclic) bond motifs is 2. The van der Waals surface area contributed by atoms with Crippen LogP contribution in [0.3, 0.4) is 0 Å². The van der Waals surface area contributed by atoms with E-state index in [0.29, 0.717) is 38.3 Å². The van der Waals surface area contributed by atoms with Crippen LogP contribution in [0.15, 0.2) is 74.5 Å². The number of rotatable bonds is 7. The molecule has 0 fully saturated rings. The number of carboxylic acids is 1. The number of nitrogens with one attached hydrogen (secondary N) is 1. The number of phenols is 1. The molecule has 0 spiro atoms. The molecule has 5 aromatic rings. The van der Waals surface area contributed by atoms with Crippen molar-refractivity contribution >= 4 is 45.4 Å². The number of amides is 1. The molecule has 0 aliphatic rings. The Kier molecular flexibility index (Phi) is 6.89. The van der Waals surface area contributed by atoms with E-state index in [4.69, 9.17) is 20.4 Å². The summed E-state index contributed by atoms with van der Waals surface area (Å²) < 4.78 is 11.5. The quantitative estimate of drug-likeness (QED) is 0.229. The molecule has 3 N–H and O–H groups in total. The average Bonchev–Trinajstić information content (AvgIpc) is 3.33. The first-order chi connectivity index (χ1) is 18.6. The highest BCUT2D eigenvalue weighted by atomic mass is 35.5. The van der Waals surface area contributed by atoms with Gasteiger partial charge in [-0.15, -0.1) is 0 Å². The lowest BCUT2D eigenvalue weighted by Crippen LogP contribution is -2.43. The largest absolute Gasteiger partial charge is 0.508 e. The summed E-state index contributed by atoms with van der Waals surface area (Å²) in [6.45, 7) is 3.54. The number of hydrogen-bond acceptors (Lipinski definition) is 6. The van der Waals surface area contributed by atoms with Crippen LogP contribution in [0.4, 0.5) is 0 Å². The first-order valence-electron chi connectivity index (χ1n) is 12.2. The molecular formula is C30H24ClNO7. The number of phenolic OH excluding ortho intramolecular Hbond substituents is 1. The highest BCUT2D eigenvalue weighted by Crippen LogP contribution is 2.37. The van der Waals surface area contributed by atoms with Crippen LogP contribution in [-0.4, -0.2) is 28.1 Å². The first-order valence-corrected chi connectivity index (χ1v) is 12.5. The summed E-state index contributed by atoms with van der Waals surface area (Å²) in [5.74, 6) is -1.79. The highest BCUT2D eigenvalue weighted by molar-refractivity contribution is 6.30. The molecule has 3 aromatic carbocycles.